The molecule has 1 fully saturated rings. The van der Waals surface area contributed by atoms with Gasteiger partial charge in [0, 0.05) is 40.9 Å². The molecule has 0 spiro atoms. The van der Waals surface area contributed by atoms with Crippen LogP contribution < -0.4 is 4.90 Å². The molecule has 2 aliphatic rings. The molecule has 2 aliphatic heterocycles. The van der Waals surface area contributed by atoms with Crippen molar-refractivity contribution in [3.8, 4) is 11.3 Å². The molecule has 0 radical (unpaired) electrons. The van der Waals surface area contributed by atoms with Gasteiger partial charge < -0.3 is 4.98 Å². The second kappa shape index (κ2) is 10.9. The molecule has 3 unspecified atom stereocenters. The predicted octanol–water partition coefficient (Wildman–Crippen LogP) is 7.84. The topological polar surface area (TPSA) is 68.8 Å². The van der Waals surface area contributed by atoms with Crippen LogP contribution in [0.3, 0.4) is 0 Å². The van der Waals surface area contributed by atoms with Crippen LogP contribution >= 0.6 is 11.8 Å². The zero-order valence-corrected chi connectivity index (χ0v) is 24.5. The van der Waals surface area contributed by atoms with Gasteiger partial charge in [-0.1, -0.05) is 84.9 Å². The zero-order chi connectivity index (χ0) is 29.7. The van der Waals surface area contributed by atoms with Crippen molar-refractivity contribution in [1.29, 1.82) is 0 Å². The predicted molar refractivity (Wildman–Crippen MR) is 170 cm³/mol. The number of fused-ring (bicyclic) bond motifs is 1. The molecule has 7 rings (SSSR count). The molecule has 43 heavy (non-hydrogen) atoms. The standard InChI is InChI=1S/C35H29FN4O2S/c1-21-34(42)39(35(43-21)32-26-16-7-10-18-28(26)37-33(32)23-12-4-3-5-13-23)30-19-11-8-15-25(30)29-20-31(40(38-29)22(2)41)24-14-6-9-17-27(24)36/h3-19,21,31,35,37H,20H2,1-2H3. The number of carbonyl (C=O) groups excluding carboxylic acids is 2. The van der Waals surface area contributed by atoms with Crippen molar-refractivity contribution in [1.82, 2.24) is 9.99 Å². The lowest BCUT2D eigenvalue weighted by molar-refractivity contribution is -0.130. The molecule has 3 atom stereocenters. The number of carbonyl (C=O) groups is 2. The Balaban J connectivity index is 1.36. The summed E-state index contributed by atoms with van der Waals surface area (Å²) in [5.74, 6) is -0.651. The fourth-order valence-electron chi connectivity index (χ4n) is 6.20. The van der Waals surface area contributed by atoms with Crippen LogP contribution in [0, 0.1) is 5.82 Å². The van der Waals surface area contributed by atoms with Crippen molar-refractivity contribution < 1.29 is 14.0 Å². The van der Waals surface area contributed by atoms with Crippen LogP contribution in [0.5, 0.6) is 0 Å². The maximum Gasteiger partial charge on any atom is 0.241 e. The number of hydrazone groups is 1. The highest BCUT2D eigenvalue weighted by Crippen LogP contribution is 2.51. The number of thioether (sulfide) groups is 1. The van der Waals surface area contributed by atoms with E-state index in [0.29, 0.717) is 17.7 Å². The largest absolute Gasteiger partial charge is 0.354 e. The number of hydrogen-bond acceptors (Lipinski definition) is 4. The molecule has 8 heteroatoms. The highest BCUT2D eigenvalue weighted by molar-refractivity contribution is 8.01. The van der Waals surface area contributed by atoms with E-state index in [9.17, 15) is 14.0 Å². The molecule has 3 heterocycles. The molecule has 5 aromatic rings. The number of para-hydroxylation sites is 2. The summed E-state index contributed by atoms with van der Waals surface area (Å²) in [7, 11) is 0. The monoisotopic (exact) mass is 588 g/mol. The number of nitrogens with zero attached hydrogens (tertiary/aromatic N) is 3. The highest BCUT2D eigenvalue weighted by atomic mass is 32.2. The molecule has 214 valence electrons. The number of nitrogens with one attached hydrogen (secondary N) is 1. The molecule has 1 aromatic heterocycles. The van der Waals surface area contributed by atoms with Crippen LogP contribution in [0.2, 0.25) is 0 Å². The Morgan fingerprint density at radius 2 is 1.63 bits per heavy atom. The van der Waals surface area contributed by atoms with Crippen molar-refractivity contribution >= 4 is 45.9 Å². The first-order valence-electron chi connectivity index (χ1n) is 14.3. The Morgan fingerprint density at radius 1 is 0.930 bits per heavy atom. The number of benzene rings is 4. The van der Waals surface area contributed by atoms with E-state index in [1.54, 1.807) is 30.0 Å². The van der Waals surface area contributed by atoms with Gasteiger partial charge in [0.15, 0.2) is 0 Å². The summed E-state index contributed by atoms with van der Waals surface area (Å²) < 4.78 is 14.9. The fraction of sp³-hybridized carbons (Fsp3) is 0.171. The summed E-state index contributed by atoms with van der Waals surface area (Å²) in [5, 5.41) is 6.54. The van der Waals surface area contributed by atoms with E-state index in [2.05, 4.69) is 29.2 Å². The fourth-order valence-corrected chi connectivity index (χ4v) is 7.53. The Hall–Kier alpha value is -4.69. The quantitative estimate of drug-likeness (QED) is 0.227. The molecule has 0 bridgehead atoms. The smallest absolute Gasteiger partial charge is 0.241 e. The second-order valence-corrected chi connectivity index (χ2v) is 12.3. The summed E-state index contributed by atoms with van der Waals surface area (Å²) in [4.78, 5) is 32.2. The normalized spacial score (nSPS) is 20.2. The number of hydrogen-bond donors (Lipinski definition) is 1. The van der Waals surface area contributed by atoms with Gasteiger partial charge in [-0.25, -0.2) is 9.40 Å². The average Bonchev–Trinajstić information content (AvgIpc) is 3.72. The Labute approximate surface area is 253 Å². The van der Waals surface area contributed by atoms with E-state index >= 15 is 0 Å². The third kappa shape index (κ3) is 4.62. The summed E-state index contributed by atoms with van der Waals surface area (Å²) >= 11 is 1.62. The summed E-state index contributed by atoms with van der Waals surface area (Å²) in [6, 6.07) is 31.9. The van der Waals surface area contributed by atoms with E-state index in [-0.39, 0.29) is 28.3 Å². The van der Waals surface area contributed by atoms with Gasteiger partial charge in [0.1, 0.15) is 11.2 Å². The Morgan fingerprint density at radius 3 is 2.42 bits per heavy atom. The lowest BCUT2D eigenvalue weighted by Crippen LogP contribution is -2.31. The van der Waals surface area contributed by atoms with Crippen molar-refractivity contribution in [3.05, 3.63) is 126 Å². The molecule has 0 aliphatic carbocycles. The average molecular weight is 589 g/mol. The molecule has 4 aromatic carbocycles. The summed E-state index contributed by atoms with van der Waals surface area (Å²) in [6.07, 6.45) is 0.329. The molecule has 1 N–H and O–H groups in total. The van der Waals surface area contributed by atoms with Gasteiger partial charge in [-0.2, -0.15) is 5.10 Å². The van der Waals surface area contributed by atoms with Gasteiger partial charge >= 0.3 is 0 Å². The van der Waals surface area contributed by atoms with E-state index in [1.807, 2.05) is 66.4 Å². The van der Waals surface area contributed by atoms with Gasteiger partial charge in [0.05, 0.1) is 28.4 Å². The van der Waals surface area contributed by atoms with Crippen LogP contribution in [-0.2, 0) is 9.59 Å². The third-order valence-corrected chi connectivity index (χ3v) is 9.49. The van der Waals surface area contributed by atoms with Crippen LogP contribution in [-0.4, -0.2) is 32.8 Å². The third-order valence-electron chi connectivity index (χ3n) is 8.18. The number of H-pyrrole nitrogens is 1. The Kier molecular flexibility index (Phi) is 6.86. The second-order valence-electron chi connectivity index (χ2n) is 10.8. The minimum absolute atomic E-state index is 0.000539. The van der Waals surface area contributed by atoms with Gasteiger partial charge in [0.25, 0.3) is 0 Å². The van der Waals surface area contributed by atoms with E-state index in [1.165, 1.54) is 18.0 Å². The maximum absolute atomic E-state index is 14.9. The SMILES string of the molecule is CC(=O)N1N=C(c2ccccc2N2C(=O)C(C)SC2c2c(-c3ccccc3)[nH]c3ccccc23)CC1c1ccccc1F. The minimum atomic E-state index is -0.571. The molecule has 1 saturated heterocycles. The molecular formula is C35H29FN4O2S. The van der Waals surface area contributed by atoms with Crippen molar-refractivity contribution in [3.63, 3.8) is 0 Å². The van der Waals surface area contributed by atoms with Gasteiger partial charge in [0.2, 0.25) is 11.8 Å². The molecular weight excluding hydrogens is 559 g/mol. The van der Waals surface area contributed by atoms with Gasteiger partial charge in [-0.05, 0) is 30.7 Å². The van der Waals surface area contributed by atoms with E-state index < -0.39 is 6.04 Å². The summed E-state index contributed by atoms with van der Waals surface area (Å²) in [5.41, 5.74) is 6.59. The molecule has 6 nitrogen and oxygen atoms in total. The molecule has 2 amide bonds. The number of halogens is 1. The number of anilines is 1. The van der Waals surface area contributed by atoms with E-state index in [0.717, 1.165) is 39.0 Å². The van der Waals surface area contributed by atoms with Crippen molar-refractivity contribution in [2.24, 2.45) is 5.10 Å². The number of aromatic amines is 1. The van der Waals surface area contributed by atoms with Crippen LogP contribution in [0.15, 0.2) is 108 Å². The molecule has 0 saturated carbocycles. The lowest BCUT2D eigenvalue weighted by atomic mass is 9.96. The van der Waals surface area contributed by atoms with Crippen LogP contribution in [0.1, 0.15) is 48.4 Å². The first-order valence-corrected chi connectivity index (χ1v) is 15.2. The van der Waals surface area contributed by atoms with Crippen LogP contribution in [0.4, 0.5) is 10.1 Å². The maximum atomic E-state index is 14.9. The van der Waals surface area contributed by atoms with E-state index in [4.69, 9.17) is 5.10 Å². The van der Waals surface area contributed by atoms with Gasteiger partial charge in [-0.3, -0.25) is 14.5 Å². The Bertz CT molecular complexity index is 1900. The van der Waals surface area contributed by atoms with Crippen LogP contribution in [0.25, 0.3) is 22.2 Å². The van der Waals surface area contributed by atoms with Gasteiger partial charge in [-0.15, -0.1) is 11.8 Å². The number of amides is 2. The zero-order valence-electron chi connectivity index (χ0n) is 23.7. The first kappa shape index (κ1) is 27.2. The highest BCUT2D eigenvalue weighted by Gasteiger charge is 2.43. The first-order chi connectivity index (χ1) is 20.9. The van der Waals surface area contributed by atoms with Crippen molar-refractivity contribution in [2.45, 2.75) is 36.9 Å². The minimum Gasteiger partial charge on any atom is -0.354 e. The summed E-state index contributed by atoms with van der Waals surface area (Å²) in [6.45, 7) is 3.38. The number of aromatic nitrogens is 1. The van der Waals surface area contributed by atoms with Crippen molar-refractivity contribution in [2.75, 3.05) is 4.90 Å². The lowest BCUT2D eigenvalue weighted by Gasteiger charge is -2.27. The number of rotatable bonds is 5.